The monoisotopic (exact) mass is 362 g/mol. The lowest BCUT2D eigenvalue weighted by Gasteiger charge is -2.23. The molecule has 0 bridgehead atoms. The predicted molar refractivity (Wildman–Crippen MR) is 113 cm³/mol. The number of hydrogen-bond donors (Lipinski definition) is 1. The molecule has 1 N–H and O–H groups in total. The summed E-state index contributed by atoms with van der Waals surface area (Å²) < 4.78 is 1.93. The third kappa shape index (κ3) is 3.92. The Morgan fingerprint density at radius 2 is 1.44 bits per heavy atom. The number of aromatic hydroxyl groups is 1. The first-order valence-corrected chi connectivity index (χ1v) is 9.78. The maximum absolute atomic E-state index is 10.4. The van der Waals surface area contributed by atoms with Gasteiger partial charge in [0.1, 0.15) is 5.75 Å². The maximum Gasteiger partial charge on any atom is 0.118 e. The highest BCUT2D eigenvalue weighted by Crippen LogP contribution is 2.40. The van der Waals surface area contributed by atoms with Crippen molar-refractivity contribution in [1.29, 1.82) is 0 Å². The van der Waals surface area contributed by atoms with Crippen LogP contribution in [0.25, 0.3) is 16.8 Å². The van der Waals surface area contributed by atoms with E-state index in [4.69, 9.17) is 0 Å². The minimum absolute atomic E-state index is 0.272. The van der Waals surface area contributed by atoms with Crippen molar-refractivity contribution < 1.29 is 5.11 Å². The molecule has 1 aromatic heterocycles. The van der Waals surface area contributed by atoms with Gasteiger partial charge in [-0.2, -0.15) is 0 Å². The molecule has 3 nitrogen and oxygen atoms in total. The fourth-order valence-corrected chi connectivity index (χ4v) is 3.59. The average Bonchev–Trinajstić information content (AvgIpc) is 3.14. The van der Waals surface area contributed by atoms with Crippen molar-refractivity contribution in [2.24, 2.45) is 0 Å². The molecule has 0 spiro atoms. The highest BCUT2D eigenvalue weighted by molar-refractivity contribution is 5.76. The second-order valence-electron chi connectivity index (χ2n) is 8.25. The lowest BCUT2D eigenvalue weighted by molar-refractivity contribution is 0.475. The van der Waals surface area contributed by atoms with Crippen LogP contribution >= 0.6 is 0 Å². The molecule has 142 valence electrons. The molecule has 0 atom stereocenters. The van der Waals surface area contributed by atoms with Gasteiger partial charge in [-0.15, -0.1) is 0 Å². The molecule has 0 saturated carbocycles. The standard InChI is InChI=1S/C24H30N2O/c1-15(2)18-11-22(16(3)4)24(23(12-18)17(5)6)19-9-20(13-21(27)10-19)26-8-7-25-14-26/h7-17,27H,1-6H3. The maximum atomic E-state index is 10.4. The van der Waals surface area contributed by atoms with E-state index in [-0.39, 0.29) is 5.75 Å². The van der Waals surface area contributed by atoms with E-state index in [1.54, 1.807) is 18.6 Å². The summed E-state index contributed by atoms with van der Waals surface area (Å²) >= 11 is 0. The van der Waals surface area contributed by atoms with Gasteiger partial charge in [-0.1, -0.05) is 53.7 Å². The van der Waals surface area contributed by atoms with Crippen LogP contribution in [0.5, 0.6) is 5.75 Å². The van der Waals surface area contributed by atoms with Crippen LogP contribution in [0.3, 0.4) is 0 Å². The molecule has 3 heteroatoms. The molecule has 0 aliphatic heterocycles. The number of aromatic nitrogens is 2. The number of benzene rings is 2. The number of nitrogens with zero attached hydrogens (tertiary/aromatic N) is 2. The highest BCUT2D eigenvalue weighted by Gasteiger charge is 2.19. The van der Waals surface area contributed by atoms with Crippen LogP contribution in [0.2, 0.25) is 0 Å². The zero-order chi connectivity index (χ0) is 19.7. The van der Waals surface area contributed by atoms with Crippen LogP contribution in [-0.2, 0) is 0 Å². The molecule has 0 radical (unpaired) electrons. The van der Waals surface area contributed by atoms with Gasteiger partial charge in [0.05, 0.1) is 12.0 Å². The Morgan fingerprint density at radius 3 is 1.93 bits per heavy atom. The molecule has 0 aliphatic rings. The minimum atomic E-state index is 0.272. The molecule has 27 heavy (non-hydrogen) atoms. The molecular weight excluding hydrogens is 332 g/mol. The SMILES string of the molecule is CC(C)c1cc(C(C)C)c(-c2cc(O)cc(-n3ccnc3)c2)c(C(C)C)c1. The Balaban J connectivity index is 2.30. The summed E-state index contributed by atoms with van der Waals surface area (Å²) in [6.07, 6.45) is 5.40. The van der Waals surface area contributed by atoms with E-state index >= 15 is 0 Å². The summed E-state index contributed by atoms with van der Waals surface area (Å²) in [6, 6.07) is 10.5. The number of phenolic OH excluding ortho intramolecular Hbond substituents is 1. The van der Waals surface area contributed by atoms with Gasteiger partial charge >= 0.3 is 0 Å². The summed E-state index contributed by atoms with van der Waals surface area (Å²) in [5.41, 5.74) is 7.28. The lowest BCUT2D eigenvalue weighted by Crippen LogP contribution is -2.04. The van der Waals surface area contributed by atoms with Crippen LogP contribution in [0.4, 0.5) is 0 Å². The van der Waals surface area contributed by atoms with Crippen molar-refractivity contribution in [3.63, 3.8) is 0 Å². The van der Waals surface area contributed by atoms with Gasteiger partial charge in [0.15, 0.2) is 0 Å². The zero-order valence-corrected chi connectivity index (χ0v) is 17.2. The van der Waals surface area contributed by atoms with Gasteiger partial charge < -0.3 is 9.67 Å². The normalized spacial score (nSPS) is 11.7. The Hall–Kier alpha value is -2.55. The Morgan fingerprint density at radius 1 is 0.815 bits per heavy atom. The fraction of sp³-hybridized carbons (Fsp3) is 0.375. The van der Waals surface area contributed by atoms with E-state index in [2.05, 4.69) is 64.7 Å². The van der Waals surface area contributed by atoms with Crippen LogP contribution in [-0.4, -0.2) is 14.7 Å². The summed E-state index contributed by atoms with van der Waals surface area (Å²) in [5.74, 6) is 1.55. The summed E-state index contributed by atoms with van der Waals surface area (Å²) in [5, 5.41) is 10.4. The fourth-order valence-electron chi connectivity index (χ4n) is 3.59. The van der Waals surface area contributed by atoms with Crippen molar-refractivity contribution in [3.05, 3.63) is 65.7 Å². The second kappa shape index (κ2) is 7.59. The van der Waals surface area contributed by atoms with E-state index in [1.807, 2.05) is 16.8 Å². The first-order chi connectivity index (χ1) is 12.8. The van der Waals surface area contributed by atoms with Crippen molar-refractivity contribution in [2.75, 3.05) is 0 Å². The third-order valence-electron chi connectivity index (χ3n) is 5.13. The van der Waals surface area contributed by atoms with Crippen LogP contribution < -0.4 is 0 Å². The van der Waals surface area contributed by atoms with Crippen LogP contribution in [0, 0.1) is 0 Å². The van der Waals surface area contributed by atoms with Crippen LogP contribution in [0.15, 0.2) is 49.1 Å². The summed E-state index contributed by atoms with van der Waals surface area (Å²) in [4.78, 5) is 4.13. The van der Waals surface area contributed by atoms with Crippen molar-refractivity contribution in [2.45, 2.75) is 59.3 Å². The molecule has 0 amide bonds. The quantitative estimate of drug-likeness (QED) is 0.554. The molecule has 0 saturated heterocycles. The number of imidazole rings is 1. The minimum Gasteiger partial charge on any atom is -0.508 e. The van der Waals surface area contributed by atoms with E-state index in [1.165, 1.54) is 22.3 Å². The molecule has 0 unspecified atom stereocenters. The Bertz CT molecular complexity index is 893. The second-order valence-corrected chi connectivity index (χ2v) is 8.25. The number of phenols is 1. The van der Waals surface area contributed by atoms with E-state index in [0.717, 1.165) is 11.3 Å². The largest absolute Gasteiger partial charge is 0.508 e. The van der Waals surface area contributed by atoms with Crippen LogP contribution in [0.1, 0.15) is 76.0 Å². The molecule has 0 aliphatic carbocycles. The topological polar surface area (TPSA) is 38.0 Å². The van der Waals surface area contributed by atoms with E-state index in [0.29, 0.717) is 17.8 Å². The summed E-state index contributed by atoms with van der Waals surface area (Å²) in [6.45, 7) is 13.5. The highest BCUT2D eigenvalue weighted by atomic mass is 16.3. The predicted octanol–water partition coefficient (Wildman–Crippen LogP) is 6.62. The molecule has 3 aromatic rings. The van der Waals surface area contributed by atoms with Gasteiger partial charge in [0, 0.05) is 18.5 Å². The van der Waals surface area contributed by atoms with Crippen molar-refractivity contribution >= 4 is 0 Å². The first kappa shape index (κ1) is 19.2. The molecule has 0 fully saturated rings. The third-order valence-corrected chi connectivity index (χ3v) is 5.13. The van der Waals surface area contributed by atoms with Crippen molar-refractivity contribution in [1.82, 2.24) is 9.55 Å². The van der Waals surface area contributed by atoms with E-state index < -0.39 is 0 Å². The smallest absolute Gasteiger partial charge is 0.118 e. The number of rotatable bonds is 5. The lowest BCUT2D eigenvalue weighted by atomic mass is 9.81. The molecule has 3 rings (SSSR count). The van der Waals surface area contributed by atoms with Gasteiger partial charge in [-0.25, -0.2) is 4.98 Å². The van der Waals surface area contributed by atoms with Crippen molar-refractivity contribution in [3.8, 4) is 22.6 Å². The van der Waals surface area contributed by atoms with Gasteiger partial charge in [-0.05, 0) is 57.7 Å². The molecule has 2 aromatic carbocycles. The zero-order valence-electron chi connectivity index (χ0n) is 17.2. The van der Waals surface area contributed by atoms with Gasteiger partial charge in [0.25, 0.3) is 0 Å². The molecular formula is C24H30N2O. The van der Waals surface area contributed by atoms with Gasteiger partial charge in [-0.3, -0.25) is 0 Å². The summed E-state index contributed by atoms with van der Waals surface area (Å²) in [7, 11) is 0. The first-order valence-electron chi connectivity index (χ1n) is 9.78. The number of hydrogen-bond acceptors (Lipinski definition) is 2. The average molecular weight is 363 g/mol. The molecule has 1 heterocycles. The van der Waals surface area contributed by atoms with E-state index in [9.17, 15) is 5.11 Å². The van der Waals surface area contributed by atoms with Gasteiger partial charge in [0.2, 0.25) is 0 Å². The Labute approximate surface area is 162 Å². The Kier molecular flexibility index (Phi) is 5.41.